The van der Waals surface area contributed by atoms with Gasteiger partial charge in [-0.25, -0.2) is 0 Å². The Labute approximate surface area is 134 Å². The van der Waals surface area contributed by atoms with Crippen LogP contribution in [0, 0.1) is 10.1 Å². The summed E-state index contributed by atoms with van der Waals surface area (Å²) in [6, 6.07) is 5.71. The van der Waals surface area contributed by atoms with Gasteiger partial charge in [-0.2, -0.15) is 9.98 Å². The van der Waals surface area contributed by atoms with Gasteiger partial charge in [0.15, 0.2) is 11.1 Å². The van der Waals surface area contributed by atoms with E-state index in [2.05, 4.69) is 15.3 Å². The van der Waals surface area contributed by atoms with Crippen LogP contribution in [0.4, 0.5) is 11.4 Å². The molecule has 1 aliphatic rings. The zero-order valence-electron chi connectivity index (χ0n) is 11.6. The van der Waals surface area contributed by atoms with Crippen LogP contribution >= 0.6 is 11.8 Å². The molecule has 0 fully saturated rings. The normalized spacial score (nSPS) is 16.6. The van der Waals surface area contributed by atoms with E-state index in [9.17, 15) is 19.7 Å². The van der Waals surface area contributed by atoms with E-state index >= 15 is 0 Å². The smallest absolute Gasteiger partial charge is 0.292 e. The number of benzene rings is 1. The molecule has 1 aromatic rings. The zero-order valence-corrected chi connectivity index (χ0v) is 12.4. The van der Waals surface area contributed by atoms with Gasteiger partial charge < -0.3 is 16.8 Å². The van der Waals surface area contributed by atoms with Crippen molar-refractivity contribution in [1.29, 1.82) is 0 Å². The van der Waals surface area contributed by atoms with Crippen molar-refractivity contribution >= 4 is 46.1 Å². The molecule has 5 N–H and O–H groups in total. The molecule has 120 valence electrons. The third-order valence-corrected chi connectivity index (χ3v) is 3.75. The maximum Gasteiger partial charge on any atom is 0.292 e. The average Bonchev–Trinajstić information content (AvgIpc) is 2.77. The monoisotopic (exact) mass is 336 g/mol. The maximum absolute atomic E-state index is 12.0. The number of guanidine groups is 1. The number of amidine groups is 1. The summed E-state index contributed by atoms with van der Waals surface area (Å²) in [5.74, 6) is -1.33. The van der Waals surface area contributed by atoms with E-state index in [-0.39, 0.29) is 28.9 Å². The van der Waals surface area contributed by atoms with Crippen LogP contribution in [0.15, 0.2) is 34.3 Å². The number of amides is 2. The summed E-state index contributed by atoms with van der Waals surface area (Å²) in [4.78, 5) is 41.2. The summed E-state index contributed by atoms with van der Waals surface area (Å²) in [6.07, 6.45) is -0.206. The molecule has 0 spiro atoms. The molecule has 2 rings (SSSR count). The summed E-state index contributed by atoms with van der Waals surface area (Å²) < 4.78 is 0. The van der Waals surface area contributed by atoms with Crippen LogP contribution in [-0.4, -0.2) is 33.1 Å². The highest BCUT2D eigenvalue weighted by Crippen LogP contribution is 2.27. The fraction of sp³-hybridized carbons (Fsp3) is 0.167. The van der Waals surface area contributed by atoms with Crippen molar-refractivity contribution in [1.82, 2.24) is 0 Å². The maximum atomic E-state index is 12.0. The third kappa shape index (κ3) is 4.26. The standard InChI is InChI=1S/C12H12N6O4S/c13-11(14)17-12-16-10(20)8(23-12)5-9(19)15-6-3-1-2-4-7(6)18(21)22/h1-4,8H,5H2,(H,15,19)(H4,13,14,16,17,20)/t8-/m1/s1. The van der Waals surface area contributed by atoms with Crippen molar-refractivity contribution in [3.8, 4) is 0 Å². The van der Waals surface area contributed by atoms with Crippen LogP contribution in [0.3, 0.4) is 0 Å². The fourth-order valence-corrected chi connectivity index (χ4v) is 2.71. The molecule has 2 amide bonds. The number of thioether (sulfide) groups is 1. The van der Waals surface area contributed by atoms with Gasteiger partial charge >= 0.3 is 0 Å². The zero-order chi connectivity index (χ0) is 17.0. The molecule has 0 saturated heterocycles. The molecule has 11 heteroatoms. The summed E-state index contributed by atoms with van der Waals surface area (Å²) >= 11 is 0.955. The Balaban J connectivity index is 2.01. The number of nitro benzene ring substituents is 1. The molecule has 0 unspecified atom stereocenters. The number of rotatable bonds is 4. The quantitative estimate of drug-likeness (QED) is 0.305. The van der Waals surface area contributed by atoms with Crippen molar-refractivity contribution < 1.29 is 14.5 Å². The van der Waals surface area contributed by atoms with Crippen LogP contribution in [0.25, 0.3) is 0 Å². The molecule has 0 saturated carbocycles. The van der Waals surface area contributed by atoms with E-state index in [1.165, 1.54) is 18.2 Å². The van der Waals surface area contributed by atoms with Gasteiger partial charge in [-0.1, -0.05) is 23.9 Å². The Morgan fingerprint density at radius 3 is 2.78 bits per heavy atom. The first-order chi connectivity index (χ1) is 10.9. The summed E-state index contributed by atoms with van der Waals surface area (Å²) in [6.45, 7) is 0. The number of carbonyl (C=O) groups excluding carboxylic acids is 2. The highest BCUT2D eigenvalue weighted by Gasteiger charge is 2.31. The molecule has 0 aromatic heterocycles. The molecule has 1 aromatic carbocycles. The number of hydrogen-bond donors (Lipinski definition) is 3. The summed E-state index contributed by atoms with van der Waals surface area (Å²) in [5.41, 5.74) is 10.2. The Hall–Kier alpha value is -2.95. The summed E-state index contributed by atoms with van der Waals surface area (Å²) in [7, 11) is 0. The second-order valence-electron chi connectivity index (χ2n) is 4.40. The van der Waals surface area contributed by atoms with Crippen molar-refractivity contribution in [3.05, 3.63) is 34.4 Å². The lowest BCUT2D eigenvalue weighted by Crippen LogP contribution is -2.23. The first kappa shape index (κ1) is 16.4. The van der Waals surface area contributed by atoms with Gasteiger partial charge in [0.05, 0.1) is 4.92 Å². The van der Waals surface area contributed by atoms with Gasteiger partial charge in [-0.15, -0.1) is 0 Å². The van der Waals surface area contributed by atoms with E-state index in [0.29, 0.717) is 0 Å². The van der Waals surface area contributed by atoms with Crippen LogP contribution in [0.2, 0.25) is 0 Å². The van der Waals surface area contributed by atoms with Gasteiger partial charge in [0.2, 0.25) is 5.91 Å². The number of hydrogen-bond acceptors (Lipinski definition) is 6. The largest absolute Gasteiger partial charge is 0.370 e. The Kier molecular flexibility index (Phi) is 4.91. The molecular weight excluding hydrogens is 324 g/mol. The number of nitrogens with zero attached hydrogens (tertiary/aromatic N) is 3. The second-order valence-corrected chi connectivity index (χ2v) is 5.57. The fourth-order valence-electron chi connectivity index (χ4n) is 1.77. The molecule has 1 heterocycles. The van der Waals surface area contributed by atoms with Gasteiger partial charge in [0.1, 0.15) is 10.9 Å². The van der Waals surface area contributed by atoms with E-state index in [1.54, 1.807) is 6.07 Å². The lowest BCUT2D eigenvalue weighted by molar-refractivity contribution is -0.383. The van der Waals surface area contributed by atoms with Crippen LogP contribution in [0.1, 0.15) is 6.42 Å². The average molecular weight is 336 g/mol. The molecule has 0 radical (unpaired) electrons. The molecule has 10 nitrogen and oxygen atoms in total. The van der Waals surface area contributed by atoms with E-state index in [0.717, 1.165) is 11.8 Å². The Morgan fingerprint density at radius 1 is 1.43 bits per heavy atom. The van der Waals surface area contributed by atoms with Gasteiger partial charge in [-0.3, -0.25) is 19.7 Å². The number of nitrogens with one attached hydrogen (secondary N) is 1. The lowest BCUT2D eigenvalue weighted by Gasteiger charge is -2.08. The molecular formula is C12H12N6O4S. The van der Waals surface area contributed by atoms with Crippen molar-refractivity contribution in [2.75, 3.05) is 5.32 Å². The van der Waals surface area contributed by atoms with Gasteiger partial charge in [0, 0.05) is 12.5 Å². The molecule has 0 bridgehead atoms. The minimum Gasteiger partial charge on any atom is -0.370 e. The van der Waals surface area contributed by atoms with Crippen LogP contribution < -0.4 is 16.8 Å². The van der Waals surface area contributed by atoms with Crippen molar-refractivity contribution in [2.45, 2.75) is 11.7 Å². The van der Waals surface area contributed by atoms with E-state index < -0.39 is 22.0 Å². The topological polar surface area (TPSA) is 166 Å². The Bertz CT molecular complexity index is 728. The number of nitro groups is 1. The predicted molar refractivity (Wildman–Crippen MR) is 86.0 cm³/mol. The first-order valence-electron chi connectivity index (χ1n) is 6.29. The third-order valence-electron chi connectivity index (χ3n) is 2.70. The minimum atomic E-state index is -0.768. The molecule has 0 aliphatic carbocycles. The number of anilines is 1. The number of aliphatic imine (C=N–C) groups is 2. The number of carbonyl (C=O) groups is 2. The lowest BCUT2D eigenvalue weighted by atomic mass is 10.2. The minimum absolute atomic E-state index is 0.0586. The van der Waals surface area contributed by atoms with Crippen molar-refractivity contribution in [2.24, 2.45) is 21.5 Å². The van der Waals surface area contributed by atoms with Crippen molar-refractivity contribution in [3.63, 3.8) is 0 Å². The SMILES string of the molecule is NC(N)=NC1=NC(=O)[C@@H](CC(=O)Nc2ccccc2[N+](=O)[O-])S1. The predicted octanol–water partition coefficient (Wildman–Crippen LogP) is 0.195. The highest BCUT2D eigenvalue weighted by molar-refractivity contribution is 8.15. The van der Waals surface area contributed by atoms with Crippen LogP contribution in [0.5, 0.6) is 0 Å². The van der Waals surface area contributed by atoms with E-state index in [1.807, 2.05) is 0 Å². The van der Waals surface area contributed by atoms with E-state index in [4.69, 9.17) is 11.5 Å². The summed E-state index contributed by atoms with van der Waals surface area (Å²) in [5, 5.41) is 12.6. The Morgan fingerprint density at radius 2 is 2.13 bits per heavy atom. The molecule has 1 atom stereocenters. The highest BCUT2D eigenvalue weighted by atomic mass is 32.2. The molecule has 23 heavy (non-hydrogen) atoms. The van der Waals surface area contributed by atoms with Gasteiger partial charge in [-0.05, 0) is 6.07 Å². The number of nitrogens with two attached hydrogens (primary N) is 2. The van der Waals surface area contributed by atoms with Crippen LogP contribution in [-0.2, 0) is 9.59 Å². The van der Waals surface area contributed by atoms with Gasteiger partial charge in [0.25, 0.3) is 11.6 Å². The second kappa shape index (κ2) is 6.87. The number of para-hydroxylation sites is 2. The molecule has 1 aliphatic heterocycles. The first-order valence-corrected chi connectivity index (χ1v) is 7.17.